The molecule has 1 atom stereocenters. The summed E-state index contributed by atoms with van der Waals surface area (Å²) in [5, 5.41) is 0. The molecule has 2 amide bonds. The fourth-order valence-electron chi connectivity index (χ4n) is 4.66. The van der Waals surface area contributed by atoms with Gasteiger partial charge in [0.1, 0.15) is 17.1 Å². The largest absolute Gasteiger partial charge is 0.444 e. The van der Waals surface area contributed by atoms with Crippen molar-refractivity contribution in [3.05, 3.63) is 48.3 Å². The third-order valence-electron chi connectivity index (χ3n) is 6.53. The van der Waals surface area contributed by atoms with E-state index in [1.54, 1.807) is 23.4 Å². The molecule has 2 aromatic rings. The number of carbonyl (C=O) groups excluding carboxylic acids is 2. The van der Waals surface area contributed by atoms with Gasteiger partial charge < -0.3 is 19.1 Å². The van der Waals surface area contributed by atoms with Crippen LogP contribution in [0.1, 0.15) is 63.3 Å². The molecule has 0 radical (unpaired) electrons. The molecule has 0 N–H and O–H groups in total. The molecule has 1 spiro atoms. The molecule has 172 valence electrons. The molecule has 2 fully saturated rings. The Hall–Kier alpha value is -2.90. The van der Waals surface area contributed by atoms with Gasteiger partial charge in [0.05, 0.1) is 6.54 Å². The second kappa shape index (κ2) is 8.56. The minimum Gasteiger partial charge on any atom is -0.444 e. The Kier molecular flexibility index (Phi) is 5.97. The molecule has 2 aromatic heterocycles. The number of aromatic nitrogens is 3. The molecule has 1 unspecified atom stereocenters. The smallest absolute Gasteiger partial charge is 0.410 e. The first kappa shape index (κ1) is 22.3. The first-order valence-electron chi connectivity index (χ1n) is 11.4. The van der Waals surface area contributed by atoms with Gasteiger partial charge in [-0.15, -0.1) is 0 Å². The summed E-state index contributed by atoms with van der Waals surface area (Å²) in [5.74, 6) is 0.817. The standard InChI is InChI=1S/C24H33N5O3/c1-5-27-15-12-26-20(27)17-29(21(30)18-8-6-7-11-25-18)19-16-24(19)9-13-28(14-10-24)22(31)32-23(2,3)4/h6-8,11-12,15,19H,5,9-10,13-14,16-17H2,1-4H3. The normalized spacial score (nSPS) is 19.6. The second-order valence-electron chi connectivity index (χ2n) is 9.83. The maximum absolute atomic E-state index is 13.4. The summed E-state index contributed by atoms with van der Waals surface area (Å²) < 4.78 is 7.60. The van der Waals surface area contributed by atoms with Crippen molar-refractivity contribution in [1.82, 2.24) is 24.3 Å². The third-order valence-corrected chi connectivity index (χ3v) is 6.53. The number of ether oxygens (including phenoxy) is 1. The lowest BCUT2D eigenvalue weighted by Crippen LogP contribution is -2.44. The highest BCUT2D eigenvalue weighted by molar-refractivity contribution is 5.92. The van der Waals surface area contributed by atoms with Crippen LogP contribution < -0.4 is 0 Å². The Labute approximate surface area is 189 Å². The van der Waals surface area contributed by atoms with Crippen LogP contribution in [0.15, 0.2) is 36.8 Å². The van der Waals surface area contributed by atoms with Crippen molar-refractivity contribution in [2.75, 3.05) is 13.1 Å². The van der Waals surface area contributed by atoms with E-state index in [2.05, 4.69) is 21.5 Å². The number of amides is 2. The Morgan fingerprint density at radius 3 is 2.56 bits per heavy atom. The lowest BCUT2D eigenvalue weighted by atomic mass is 9.92. The number of aryl methyl sites for hydroxylation is 1. The molecule has 1 aliphatic carbocycles. The maximum atomic E-state index is 13.4. The number of rotatable bonds is 5. The predicted octanol–water partition coefficient (Wildman–Crippen LogP) is 3.73. The highest BCUT2D eigenvalue weighted by Gasteiger charge is 2.59. The fourth-order valence-corrected chi connectivity index (χ4v) is 4.66. The van der Waals surface area contributed by atoms with Gasteiger partial charge in [0.15, 0.2) is 0 Å². The molecule has 1 saturated carbocycles. The Balaban J connectivity index is 1.48. The molecule has 4 rings (SSSR count). The zero-order valence-electron chi connectivity index (χ0n) is 19.5. The lowest BCUT2D eigenvalue weighted by molar-refractivity contribution is 0.0153. The molecule has 1 aliphatic heterocycles. The molecule has 0 aromatic carbocycles. The second-order valence-corrected chi connectivity index (χ2v) is 9.83. The number of piperidine rings is 1. The summed E-state index contributed by atoms with van der Waals surface area (Å²) in [7, 11) is 0. The van der Waals surface area contributed by atoms with Crippen molar-refractivity contribution in [2.24, 2.45) is 5.41 Å². The highest BCUT2D eigenvalue weighted by atomic mass is 16.6. The Bertz CT molecular complexity index is 958. The molecular weight excluding hydrogens is 406 g/mol. The predicted molar refractivity (Wildman–Crippen MR) is 120 cm³/mol. The number of pyridine rings is 1. The number of likely N-dealkylation sites (tertiary alicyclic amines) is 1. The fraction of sp³-hybridized carbons (Fsp3) is 0.583. The molecule has 8 heteroatoms. The first-order chi connectivity index (χ1) is 15.2. The van der Waals surface area contributed by atoms with Crippen LogP contribution in [0.2, 0.25) is 0 Å². The number of hydrogen-bond donors (Lipinski definition) is 0. The molecule has 3 heterocycles. The van der Waals surface area contributed by atoms with Crippen LogP contribution in [0, 0.1) is 5.41 Å². The third kappa shape index (κ3) is 4.64. The van der Waals surface area contributed by atoms with Crippen molar-refractivity contribution in [3.63, 3.8) is 0 Å². The van der Waals surface area contributed by atoms with Crippen LogP contribution in [0.3, 0.4) is 0 Å². The van der Waals surface area contributed by atoms with E-state index in [0.717, 1.165) is 31.6 Å². The molecule has 0 bridgehead atoms. The van der Waals surface area contributed by atoms with Crippen molar-refractivity contribution in [1.29, 1.82) is 0 Å². The van der Waals surface area contributed by atoms with Crippen LogP contribution in [0.4, 0.5) is 4.79 Å². The number of imidazole rings is 1. The average Bonchev–Trinajstić information content (AvgIpc) is 3.25. The minimum absolute atomic E-state index is 0.0482. The van der Waals surface area contributed by atoms with Gasteiger partial charge in [-0.25, -0.2) is 9.78 Å². The summed E-state index contributed by atoms with van der Waals surface area (Å²) in [6.07, 6.45) is 7.80. The van der Waals surface area contributed by atoms with E-state index < -0.39 is 5.60 Å². The summed E-state index contributed by atoms with van der Waals surface area (Å²) in [6.45, 7) is 10.3. The van der Waals surface area contributed by atoms with Gasteiger partial charge in [-0.2, -0.15) is 0 Å². The van der Waals surface area contributed by atoms with Gasteiger partial charge in [0, 0.05) is 44.3 Å². The number of hydrogen-bond acceptors (Lipinski definition) is 5. The number of carbonyl (C=O) groups is 2. The molecule has 8 nitrogen and oxygen atoms in total. The summed E-state index contributed by atoms with van der Waals surface area (Å²) >= 11 is 0. The topological polar surface area (TPSA) is 80.6 Å². The molecule has 2 aliphatic rings. The van der Waals surface area contributed by atoms with Gasteiger partial charge in [0.25, 0.3) is 5.91 Å². The van der Waals surface area contributed by atoms with E-state index in [4.69, 9.17) is 4.74 Å². The van der Waals surface area contributed by atoms with Crippen LogP contribution in [0.25, 0.3) is 0 Å². The van der Waals surface area contributed by atoms with E-state index in [1.165, 1.54) is 0 Å². The van der Waals surface area contributed by atoms with Crippen molar-refractivity contribution < 1.29 is 14.3 Å². The summed E-state index contributed by atoms with van der Waals surface area (Å²) in [4.78, 5) is 38.4. The average molecular weight is 440 g/mol. The van der Waals surface area contributed by atoms with Gasteiger partial charge in [-0.1, -0.05) is 6.07 Å². The van der Waals surface area contributed by atoms with E-state index in [0.29, 0.717) is 25.3 Å². The number of nitrogens with zero attached hydrogens (tertiary/aromatic N) is 5. The Morgan fingerprint density at radius 2 is 1.94 bits per heavy atom. The van der Waals surface area contributed by atoms with Crippen LogP contribution in [0.5, 0.6) is 0 Å². The van der Waals surface area contributed by atoms with Gasteiger partial charge in [-0.05, 0) is 64.5 Å². The summed E-state index contributed by atoms with van der Waals surface area (Å²) in [6, 6.07) is 5.55. The van der Waals surface area contributed by atoms with Gasteiger partial charge in [0.2, 0.25) is 0 Å². The van der Waals surface area contributed by atoms with E-state index in [1.807, 2.05) is 44.0 Å². The van der Waals surface area contributed by atoms with Crippen LogP contribution in [-0.2, 0) is 17.8 Å². The molecule has 1 saturated heterocycles. The van der Waals surface area contributed by atoms with Gasteiger partial charge in [-0.3, -0.25) is 9.78 Å². The highest BCUT2D eigenvalue weighted by Crippen LogP contribution is 2.57. The lowest BCUT2D eigenvalue weighted by Gasteiger charge is -2.35. The first-order valence-corrected chi connectivity index (χ1v) is 11.4. The minimum atomic E-state index is -0.499. The van der Waals surface area contributed by atoms with Crippen molar-refractivity contribution in [3.8, 4) is 0 Å². The zero-order chi connectivity index (χ0) is 22.9. The van der Waals surface area contributed by atoms with Crippen LogP contribution >= 0.6 is 0 Å². The Morgan fingerprint density at radius 1 is 1.19 bits per heavy atom. The van der Waals surface area contributed by atoms with E-state index >= 15 is 0 Å². The monoisotopic (exact) mass is 439 g/mol. The van der Waals surface area contributed by atoms with Crippen LogP contribution in [-0.4, -0.2) is 61.1 Å². The van der Waals surface area contributed by atoms with E-state index in [-0.39, 0.29) is 23.5 Å². The molecule has 32 heavy (non-hydrogen) atoms. The maximum Gasteiger partial charge on any atom is 0.410 e. The molecular formula is C24H33N5O3. The SMILES string of the molecule is CCn1ccnc1CN(C(=O)c1ccccn1)C1CC12CCN(C(=O)OC(C)(C)C)CC2. The van der Waals surface area contributed by atoms with Crippen molar-refractivity contribution in [2.45, 2.75) is 71.7 Å². The zero-order valence-corrected chi connectivity index (χ0v) is 19.5. The van der Waals surface area contributed by atoms with Crippen molar-refractivity contribution >= 4 is 12.0 Å². The van der Waals surface area contributed by atoms with E-state index in [9.17, 15) is 9.59 Å². The van der Waals surface area contributed by atoms with Gasteiger partial charge >= 0.3 is 6.09 Å². The summed E-state index contributed by atoms with van der Waals surface area (Å²) in [5.41, 5.74) is 0.00365. The quantitative estimate of drug-likeness (QED) is 0.709.